The molecule has 2 aromatic rings. The van der Waals surface area contributed by atoms with Crippen LogP contribution in [0.15, 0.2) is 18.3 Å². The molecule has 1 aliphatic heterocycles. The first-order valence-electron chi connectivity index (χ1n) is 7.14. The van der Waals surface area contributed by atoms with E-state index in [0.29, 0.717) is 18.1 Å². The molecule has 1 amide bonds. The lowest BCUT2D eigenvalue weighted by atomic mass is 10.2. The number of piperazine rings is 1. The molecule has 7 heteroatoms. The van der Waals surface area contributed by atoms with E-state index in [1.165, 1.54) is 11.3 Å². The molecule has 5 nitrogen and oxygen atoms in total. The molecule has 22 heavy (non-hydrogen) atoms. The Kier molecular flexibility index (Phi) is 4.31. The molecule has 0 aliphatic carbocycles. The predicted octanol–water partition coefficient (Wildman–Crippen LogP) is 2.77. The van der Waals surface area contributed by atoms with Crippen LogP contribution in [0.25, 0.3) is 0 Å². The Morgan fingerprint density at radius 3 is 2.50 bits per heavy atom. The summed E-state index contributed by atoms with van der Waals surface area (Å²) < 4.78 is 0. The molecule has 2 aromatic heterocycles. The number of hydrogen-bond acceptors (Lipinski definition) is 5. The van der Waals surface area contributed by atoms with E-state index in [0.717, 1.165) is 34.5 Å². The van der Waals surface area contributed by atoms with Gasteiger partial charge in [0.25, 0.3) is 5.91 Å². The third-order valence-electron chi connectivity index (χ3n) is 3.70. The van der Waals surface area contributed by atoms with Gasteiger partial charge in [0, 0.05) is 32.4 Å². The Morgan fingerprint density at radius 2 is 1.95 bits per heavy atom. The zero-order chi connectivity index (χ0) is 15.7. The second kappa shape index (κ2) is 6.22. The van der Waals surface area contributed by atoms with E-state index in [9.17, 15) is 4.79 Å². The van der Waals surface area contributed by atoms with Crippen LogP contribution in [0.5, 0.6) is 0 Å². The molecule has 0 aromatic carbocycles. The molecule has 0 atom stereocenters. The Morgan fingerprint density at radius 1 is 1.23 bits per heavy atom. The lowest BCUT2D eigenvalue weighted by molar-refractivity contribution is 0.0750. The highest BCUT2D eigenvalue weighted by Crippen LogP contribution is 2.21. The molecule has 0 saturated carbocycles. The van der Waals surface area contributed by atoms with Crippen molar-refractivity contribution in [3.63, 3.8) is 0 Å². The predicted molar refractivity (Wildman–Crippen MR) is 89.0 cm³/mol. The fourth-order valence-electron chi connectivity index (χ4n) is 2.57. The number of aromatic nitrogens is 2. The van der Waals surface area contributed by atoms with Crippen LogP contribution in [-0.2, 0) is 0 Å². The van der Waals surface area contributed by atoms with Crippen LogP contribution in [-0.4, -0.2) is 47.0 Å². The quantitative estimate of drug-likeness (QED) is 0.846. The summed E-state index contributed by atoms with van der Waals surface area (Å²) in [5.41, 5.74) is 0.828. The topological polar surface area (TPSA) is 49.3 Å². The number of anilines is 1. The molecular weight excluding hydrogens is 320 g/mol. The Balaban J connectivity index is 1.65. The van der Waals surface area contributed by atoms with Gasteiger partial charge in [-0.05, 0) is 26.0 Å². The molecule has 0 bridgehead atoms. The van der Waals surface area contributed by atoms with Crippen LogP contribution >= 0.6 is 22.9 Å². The lowest BCUT2D eigenvalue weighted by Gasteiger charge is -2.35. The average Bonchev–Trinajstić information content (AvgIpc) is 2.86. The molecule has 0 unspecified atom stereocenters. The van der Waals surface area contributed by atoms with Crippen molar-refractivity contribution in [2.45, 2.75) is 13.8 Å². The smallest absolute Gasteiger partial charge is 0.265 e. The zero-order valence-electron chi connectivity index (χ0n) is 12.5. The maximum atomic E-state index is 12.6. The number of thiazole rings is 1. The maximum Gasteiger partial charge on any atom is 0.265 e. The number of halogens is 1. The van der Waals surface area contributed by atoms with E-state index < -0.39 is 0 Å². The van der Waals surface area contributed by atoms with Crippen molar-refractivity contribution in [1.82, 2.24) is 14.9 Å². The van der Waals surface area contributed by atoms with E-state index in [1.807, 2.05) is 30.9 Å². The van der Waals surface area contributed by atoms with E-state index in [2.05, 4.69) is 14.9 Å². The minimum absolute atomic E-state index is 0.0896. The Bertz CT molecular complexity index is 677. The molecule has 1 aliphatic rings. The van der Waals surface area contributed by atoms with Crippen molar-refractivity contribution < 1.29 is 4.79 Å². The van der Waals surface area contributed by atoms with Crippen molar-refractivity contribution in [2.75, 3.05) is 31.1 Å². The highest BCUT2D eigenvalue weighted by molar-refractivity contribution is 7.13. The first-order chi connectivity index (χ1) is 10.5. The van der Waals surface area contributed by atoms with Crippen molar-refractivity contribution in [2.24, 2.45) is 0 Å². The van der Waals surface area contributed by atoms with Gasteiger partial charge < -0.3 is 9.80 Å². The third kappa shape index (κ3) is 3.08. The molecule has 1 fully saturated rings. The molecule has 0 N–H and O–H groups in total. The van der Waals surface area contributed by atoms with Gasteiger partial charge in [-0.1, -0.05) is 11.6 Å². The van der Waals surface area contributed by atoms with E-state index >= 15 is 0 Å². The standard InChI is InChI=1S/C15H17ClN4OS/c1-10-14(22-11(2)18-10)15(21)20-7-5-19(6-8-20)13-4-3-12(16)9-17-13/h3-4,9H,5-8H2,1-2H3. The monoisotopic (exact) mass is 336 g/mol. The van der Waals surface area contributed by atoms with Gasteiger partial charge in [0.2, 0.25) is 0 Å². The van der Waals surface area contributed by atoms with Crippen LogP contribution in [0.2, 0.25) is 5.02 Å². The minimum atomic E-state index is 0.0896. The largest absolute Gasteiger partial charge is 0.353 e. The van der Waals surface area contributed by atoms with E-state index in [-0.39, 0.29) is 5.91 Å². The van der Waals surface area contributed by atoms with Crippen molar-refractivity contribution in [3.8, 4) is 0 Å². The van der Waals surface area contributed by atoms with Crippen LogP contribution in [0.4, 0.5) is 5.82 Å². The Labute approximate surface area is 138 Å². The van der Waals surface area contributed by atoms with Gasteiger partial charge in [-0.2, -0.15) is 0 Å². The zero-order valence-corrected chi connectivity index (χ0v) is 14.1. The highest BCUT2D eigenvalue weighted by atomic mass is 35.5. The summed E-state index contributed by atoms with van der Waals surface area (Å²) in [7, 11) is 0. The molecular formula is C15H17ClN4OS. The van der Waals surface area contributed by atoms with E-state index in [1.54, 1.807) is 6.20 Å². The lowest BCUT2D eigenvalue weighted by Crippen LogP contribution is -2.49. The summed E-state index contributed by atoms with van der Waals surface area (Å²) in [6.07, 6.45) is 1.65. The number of carbonyl (C=O) groups is 1. The second-order valence-electron chi connectivity index (χ2n) is 5.26. The van der Waals surface area contributed by atoms with Crippen molar-refractivity contribution in [3.05, 3.63) is 38.9 Å². The summed E-state index contributed by atoms with van der Waals surface area (Å²) in [6, 6.07) is 3.75. The normalized spacial score (nSPS) is 15.2. The van der Waals surface area contributed by atoms with Gasteiger partial charge in [0.1, 0.15) is 10.7 Å². The maximum absolute atomic E-state index is 12.6. The SMILES string of the molecule is Cc1nc(C)c(C(=O)N2CCN(c3ccc(Cl)cn3)CC2)s1. The summed E-state index contributed by atoms with van der Waals surface area (Å²) in [4.78, 5) is 26.1. The molecule has 0 spiro atoms. The Hall–Kier alpha value is -1.66. The summed E-state index contributed by atoms with van der Waals surface area (Å²) in [5.74, 6) is 0.994. The molecule has 116 valence electrons. The van der Waals surface area contributed by atoms with Crippen LogP contribution in [0, 0.1) is 13.8 Å². The van der Waals surface area contributed by atoms with Crippen molar-refractivity contribution >= 4 is 34.7 Å². The van der Waals surface area contributed by atoms with Crippen LogP contribution < -0.4 is 4.90 Å². The van der Waals surface area contributed by atoms with Gasteiger partial charge in [-0.3, -0.25) is 4.79 Å². The molecule has 3 heterocycles. The van der Waals surface area contributed by atoms with Gasteiger partial charge in [-0.25, -0.2) is 9.97 Å². The number of rotatable bonds is 2. The number of aryl methyl sites for hydroxylation is 2. The fraction of sp³-hybridized carbons (Fsp3) is 0.400. The number of nitrogens with zero attached hydrogens (tertiary/aromatic N) is 4. The number of hydrogen-bond donors (Lipinski definition) is 0. The summed E-state index contributed by atoms with van der Waals surface area (Å²) in [5, 5.41) is 1.57. The first-order valence-corrected chi connectivity index (χ1v) is 8.34. The van der Waals surface area contributed by atoms with Crippen molar-refractivity contribution in [1.29, 1.82) is 0 Å². The number of amides is 1. The van der Waals surface area contributed by atoms with Gasteiger partial charge in [0.05, 0.1) is 15.7 Å². The summed E-state index contributed by atoms with van der Waals surface area (Å²) >= 11 is 7.33. The molecule has 1 saturated heterocycles. The second-order valence-corrected chi connectivity index (χ2v) is 6.90. The van der Waals surface area contributed by atoms with Gasteiger partial charge in [-0.15, -0.1) is 11.3 Å². The minimum Gasteiger partial charge on any atom is -0.353 e. The highest BCUT2D eigenvalue weighted by Gasteiger charge is 2.25. The fourth-order valence-corrected chi connectivity index (χ4v) is 3.57. The third-order valence-corrected chi connectivity index (χ3v) is 4.98. The van der Waals surface area contributed by atoms with Gasteiger partial charge in [0.15, 0.2) is 0 Å². The molecule has 0 radical (unpaired) electrons. The van der Waals surface area contributed by atoms with E-state index in [4.69, 9.17) is 11.6 Å². The van der Waals surface area contributed by atoms with Crippen LogP contribution in [0.1, 0.15) is 20.4 Å². The number of carbonyl (C=O) groups excluding carboxylic acids is 1. The first kappa shape index (κ1) is 15.2. The van der Waals surface area contributed by atoms with Gasteiger partial charge >= 0.3 is 0 Å². The summed E-state index contributed by atoms with van der Waals surface area (Å²) in [6.45, 7) is 6.76. The van der Waals surface area contributed by atoms with Crippen LogP contribution in [0.3, 0.4) is 0 Å². The number of pyridine rings is 1. The molecule has 3 rings (SSSR count). The average molecular weight is 337 g/mol.